The molecule has 0 radical (unpaired) electrons. The van der Waals surface area contributed by atoms with E-state index in [1.807, 2.05) is 18.2 Å². The summed E-state index contributed by atoms with van der Waals surface area (Å²) in [5.41, 5.74) is 0.373. The highest BCUT2D eigenvalue weighted by Crippen LogP contribution is 2.25. The molecule has 0 spiro atoms. The number of hydrogen-bond acceptors (Lipinski definition) is 3. The predicted octanol–water partition coefficient (Wildman–Crippen LogP) is 2.35. The molecule has 1 aromatic heterocycles. The number of methoxy groups -OCH3 is 1. The van der Waals surface area contributed by atoms with Gasteiger partial charge in [0.05, 0.1) is 24.1 Å². The van der Waals surface area contributed by atoms with Crippen LogP contribution in [0.4, 0.5) is 0 Å². The molecule has 0 saturated heterocycles. The minimum Gasteiger partial charge on any atom is -0.497 e. The minimum atomic E-state index is -0.813. The standard InChI is InChI=1S/C15H16N2O2/c1-15(2,9-16)12-8-10-7-11(19-4)5-6-13(10)17(3)14(12)18/h5-8H,1-4H3. The number of ether oxygens (including phenoxy) is 1. The zero-order chi connectivity index (χ0) is 14.2. The Balaban J connectivity index is 2.86. The molecule has 0 aliphatic carbocycles. The van der Waals surface area contributed by atoms with E-state index in [2.05, 4.69) is 6.07 Å². The molecule has 0 aliphatic rings. The summed E-state index contributed by atoms with van der Waals surface area (Å²) in [6.07, 6.45) is 0. The number of rotatable bonds is 2. The van der Waals surface area contributed by atoms with Crippen LogP contribution in [0.3, 0.4) is 0 Å². The fourth-order valence-electron chi connectivity index (χ4n) is 2.10. The summed E-state index contributed by atoms with van der Waals surface area (Å²) in [6.45, 7) is 3.49. The van der Waals surface area contributed by atoms with E-state index in [1.165, 1.54) is 0 Å². The van der Waals surface area contributed by atoms with E-state index in [-0.39, 0.29) is 5.56 Å². The van der Waals surface area contributed by atoms with Crippen LogP contribution >= 0.6 is 0 Å². The molecule has 0 saturated carbocycles. The van der Waals surface area contributed by atoms with Gasteiger partial charge in [-0.25, -0.2) is 0 Å². The molecule has 0 N–H and O–H groups in total. The highest BCUT2D eigenvalue weighted by atomic mass is 16.5. The molecule has 0 bridgehead atoms. The molecule has 4 heteroatoms. The maximum Gasteiger partial charge on any atom is 0.255 e. The van der Waals surface area contributed by atoms with E-state index in [0.29, 0.717) is 5.56 Å². The van der Waals surface area contributed by atoms with Crippen LogP contribution in [0.15, 0.2) is 29.1 Å². The average molecular weight is 256 g/mol. The van der Waals surface area contributed by atoms with Crippen LogP contribution < -0.4 is 10.3 Å². The summed E-state index contributed by atoms with van der Waals surface area (Å²) in [5, 5.41) is 10.1. The van der Waals surface area contributed by atoms with Gasteiger partial charge < -0.3 is 9.30 Å². The van der Waals surface area contributed by atoms with Gasteiger partial charge in [0.15, 0.2) is 0 Å². The lowest BCUT2D eigenvalue weighted by Gasteiger charge is -2.17. The highest BCUT2D eigenvalue weighted by Gasteiger charge is 2.24. The van der Waals surface area contributed by atoms with Gasteiger partial charge in [-0.1, -0.05) is 0 Å². The van der Waals surface area contributed by atoms with Gasteiger partial charge in [-0.05, 0) is 38.1 Å². The number of nitrogens with zero attached hydrogens (tertiary/aromatic N) is 2. The average Bonchev–Trinajstić information content (AvgIpc) is 2.42. The Morgan fingerprint density at radius 1 is 1.32 bits per heavy atom. The Bertz CT molecular complexity index is 736. The van der Waals surface area contributed by atoms with Crippen molar-refractivity contribution in [2.75, 3.05) is 7.11 Å². The Labute approximate surface area is 111 Å². The van der Waals surface area contributed by atoms with Crippen LogP contribution in [-0.4, -0.2) is 11.7 Å². The molecule has 1 heterocycles. The molecule has 19 heavy (non-hydrogen) atoms. The van der Waals surface area contributed by atoms with Gasteiger partial charge in [0.25, 0.3) is 5.56 Å². The predicted molar refractivity (Wildman–Crippen MR) is 74.4 cm³/mol. The summed E-state index contributed by atoms with van der Waals surface area (Å²) in [5.74, 6) is 0.729. The summed E-state index contributed by atoms with van der Waals surface area (Å²) in [4.78, 5) is 12.3. The van der Waals surface area contributed by atoms with Crippen molar-refractivity contribution in [2.45, 2.75) is 19.3 Å². The maximum atomic E-state index is 12.3. The SMILES string of the molecule is COc1ccc2c(c1)cc(C(C)(C)C#N)c(=O)n2C. The molecule has 0 atom stereocenters. The van der Waals surface area contributed by atoms with Crippen molar-refractivity contribution >= 4 is 10.9 Å². The molecule has 0 fully saturated rings. The lowest BCUT2D eigenvalue weighted by atomic mass is 9.86. The summed E-state index contributed by atoms with van der Waals surface area (Å²) in [6, 6.07) is 9.48. The molecular weight excluding hydrogens is 240 g/mol. The van der Waals surface area contributed by atoms with Crippen LogP contribution in [0.25, 0.3) is 10.9 Å². The first-order chi connectivity index (χ1) is 8.90. The van der Waals surface area contributed by atoms with E-state index in [9.17, 15) is 10.1 Å². The van der Waals surface area contributed by atoms with Crippen molar-refractivity contribution in [3.8, 4) is 11.8 Å². The monoisotopic (exact) mass is 256 g/mol. The lowest BCUT2D eigenvalue weighted by molar-refractivity contribution is 0.415. The molecule has 0 unspecified atom stereocenters. The molecule has 2 rings (SSSR count). The van der Waals surface area contributed by atoms with Crippen molar-refractivity contribution in [1.82, 2.24) is 4.57 Å². The second-order valence-electron chi connectivity index (χ2n) is 5.08. The summed E-state index contributed by atoms with van der Waals surface area (Å²) >= 11 is 0. The Morgan fingerprint density at radius 3 is 2.58 bits per heavy atom. The fourth-order valence-corrected chi connectivity index (χ4v) is 2.10. The van der Waals surface area contributed by atoms with Gasteiger partial charge in [0.1, 0.15) is 5.75 Å². The van der Waals surface area contributed by atoms with Gasteiger partial charge in [0.2, 0.25) is 0 Å². The van der Waals surface area contributed by atoms with E-state index in [1.54, 1.807) is 38.6 Å². The van der Waals surface area contributed by atoms with Crippen molar-refractivity contribution in [3.63, 3.8) is 0 Å². The number of benzene rings is 1. The topological polar surface area (TPSA) is 55.0 Å². The minimum absolute atomic E-state index is 0.135. The first-order valence-electron chi connectivity index (χ1n) is 6.00. The molecular formula is C15H16N2O2. The number of nitriles is 1. The van der Waals surface area contributed by atoms with Gasteiger partial charge in [-0.15, -0.1) is 0 Å². The Kier molecular flexibility index (Phi) is 3.07. The number of fused-ring (bicyclic) bond motifs is 1. The summed E-state index contributed by atoms with van der Waals surface area (Å²) in [7, 11) is 3.32. The third-order valence-electron chi connectivity index (χ3n) is 3.38. The van der Waals surface area contributed by atoms with Crippen molar-refractivity contribution in [3.05, 3.63) is 40.2 Å². The largest absolute Gasteiger partial charge is 0.497 e. The fraction of sp³-hybridized carbons (Fsp3) is 0.333. The summed E-state index contributed by atoms with van der Waals surface area (Å²) < 4.78 is 6.76. The molecule has 2 aromatic rings. The highest BCUT2D eigenvalue weighted by molar-refractivity contribution is 5.81. The smallest absolute Gasteiger partial charge is 0.255 e. The van der Waals surface area contributed by atoms with E-state index in [4.69, 9.17) is 4.74 Å². The normalized spacial score (nSPS) is 11.3. The van der Waals surface area contributed by atoms with Crippen molar-refractivity contribution in [2.24, 2.45) is 7.05 Å². The van der Waals surface area contributed by atoms with Crippen LogP contribution in [0.5, 0.6) is 5.75 Å². The second-order valence-corrected chi connectivity index (χ2v) is 5.08. The first-order valence-corrected chi connectivity index (χ1v) is 6.00. The quantitative estimate of drug-likeness (QED) is 0.828. The third kappa shape index (κ3) is 2.08. The van der Waals surface area contributed by atoms with Crippen molar-refractivity contribution in [1.29, 1.82) is 5.26 Å². The van der Waals surface area contributed by atoms with Gasteiger partial charge in [-0.2, -0.15) is 5.26 Å². The van der Waals surface area contributed by atoms with E-state index in [0.717, 1.165) is 16.7 Å². The van der Waals surface area contributed by atoms with Crippen molar-refractivity contribution < 1.29 is 4.74 Å². The van der Waals surface area contributed by atoms with Crippen LogP contribution in [0, 0.1) is 11.3 Å². The van der Waals surface area contributed by atoms with Crippen LogP contribution in [0.2, 0.25) is 0 Å². The van der Waals surface area contributed by atoms with Crippen LogP contribution in [-0.2, 0) is 12.5 Å². The molecule has 98 valence electrons. The molecule has 0 aliphatic heterocycles. The number of pyridine rings is 1. The zero-order valence-electron chi connectivity index (χ0n) is 11.5. The maximum absolute atomic E-state index is 12.3. The number of aryl methyl sites for hydroxylation is 1. The Hall–Kier alpha value is -2.28. The number of hydrogen-bond donors (Lipinski definition) is 0. The van der Waals surface area contributed by atoms with Gasteiger partial charge in [0, 0.05) is 18.0 Å². The molecule has 4 nitrogen and oxygen atoms in total. The molecule has 1 aromatic carbocycles. The number of aromatic nitrogens is 1. The first kappa shape index (κ1) is 13.2. The van der Waals surface area contributed by atoms with Crippen LogP contribution in [0.1, 0.15) is 19.4 Å². The zero-order valence-corrected chi connectivity index (χ0v) is 11.5. The lowest BCUT2D eigenvalue weighted by Crippen LogP contribution is -2.30. The second kappa shape index (κ2) is 4.43. The van der Waals surface area contributed by atoms with Gasteiger partial charge in [-0.3, -0.25) is 4.79 Å². The third-order valence-corrected chi connectivity index (χ3v) is 3.38. The Morgan fingerprint density at radius 2 is 2.00 bits per heavy atom. The van der Waals surface area contributed by atoms with Gasteiger partial charge >= 0.3 is 0 Å². The van der Waals surface area contributed by atoms with E-state index >= 15 is 0 Å². The van der Waals surface area contributed by atoms with E-state index < -0.39 is 5.41 Å². The molecule has 0 amide bonds.